The van der Waals surface area contributed by atoms with Crippen LogP contribution in [0.4, 0.5) is 5.82 Å². The summed E-state index contributed by atoms with van der Waals surface area (Å²) in [5.41, 5.74) is 7.15. The Morgan fingerprint density at radius 2 is 1.88 bits per heavy atom. The molecule has 0 radical (unpaired) electrons. The van der Waals surface area contributed by atoms with Gasteiger partial charge in [0.15, 0.2) is 0 Å². The standard InChI is InChI=1S/C11H9N3O2/c12-10-6-13-5-9(14-10)7-1-3-8(4-2-7)11(15)16/h1-6H,(H2,12,14)(H,15,16). The molecule has 0 aliphatic rings. The van der Waals surface area contributed by atoms with E-state index in [9.17, 15) is 4.79 Å². The zero-order valence-electron chi connectivity index (χ0n) is 8.29. The Labute approximate surface area is 91.6 Å². The van der Waals surface area contributed by atoms with Crippen LogP contribution in [-0.2, 0) is 0 Å². The smallest absolute Gasteiger partial charge is 0.335 e. The van der Waals surface area contributed by atoms with E-state index in [1.54, 1.807) is 18.3 Å². The lowest BCUT2D eigenvalue weighted by Crippen LogP contribution is -1.96. The normalized spacial score (nSPS) is 10.0. The second-order valence-corrected chi connectivity index (χ2v) is 3.21. The topological polar surface area (TPSA) is 89.1 Å². The monoisotopic (exact) mass is 215 g/mol. The Morgan fingerprint density at radius 1 is 1.19 bits per heavy atom. The maximum absolute atomic E-state index is 10.7. The number of carboxylic acid groups (broad SMARTS) is 1. The molecule has 0 atom stereocenters. The molecule has 3 N–H and O–H groups in total. The van der Waals surface area contributed by atoms with Gasteiger partial charge in [-0.15, -0.1) is 0 Å². The number of nitrogen functional groups attached to an aromatic ring is 1. The summed E-state index contributed by atoms with van der Waals surface area (Å²) in [7, 11) is 0. The van der Waals surface area contributed by atoms with Crippen LogP contribution >= 0.6 is 0 Å². The molecule has 0 saturated heterocycles. The molecule has 0 aliphatic carbocycles. The average Bonchev–Trinajstić information content (AvgIpc) is 2.29. The van der Waals surface area contributed by atoms with E-state index in [1.165, 1.54) is 18.3 Å². The third-order valence-corrected chi connectivity index (χ3v) is 2.08. The molecule has 2 aromatic rings. The predicted octanol–water partition coefficient (Wildman–Crippen LogP) is 1.42. The number of benzene rings is 1. The van der Waals surface area contributed by atoms with Crippen LogP contribution in [0.5, 0.6) is 0 Å². The summed E-state index contributed by atoms with van der Waals surface area (Å²) >= 11 is 0. The Balaban J connectivity index is 2.38. The molecule has 0 spiro atoms. The Hall–Kier alpha value is -2.43. The number of aromatic carboxylic acids is 1. The number of hydrogen-bond donors (Lipinski definition) is 2. The van der Waals surface area contributed by atoms with Gasteiger partial charge in [-0.25, -0.2) is 9.78 Å². The lowest BCUT2D eigenvalue weighted by atomic mass is 10.1. The molecule has 0 bridgehead atoms. The fraction of sp³-hybridized carbons (Fsp3) is 0. The van der Waals surface area contributed by atoms with E-state index < -0.39 is 5.97 Å². The first kappa shape index (κ1) is 10.1. The first-order valence-electron chi connectivity index (χ1n) is 4.58. The molecular weight excluding hydrogens is 206 g/mol. The summed E-state index contributed by atoms with van der Waals surface area (Å²) in [5, 5.41) is 8.74. The van der Waals surface area contributed by atoms with Crippen molar-refractivity contribution >= 4 is 11.8 Å². The number of anilines is 1. The summed E-state index contributed by atoms with van der Waals surface area (Å²) in [5.74, 6) is -0.620. The first-order valence-corrected chi connectivity index (χ1v) is 4.58. The maximum atomic E-state index is 10.7. The van der Waals surface area contributed by atoms with Crippen LogP contribution in [0, 0.1) is 0 Å². The van der Waals surface area contributed by atoms with E-state index in [0.717, 1.165) is 5.56 Å². The molecule has 2 rings (SSSR count). The van der Waals surface area contributed by atoms with Crippen molar-refractivity contribution in [1.29, 1.82) is 0 Å². The van der Waals surface area contributed by atoms with Crippen molar-refractivity contribution in [2.45, 2.75) is 0 Å². The third-order valence-electron chi connectivity index (χ3n) is 2.08. The quantitative estimate of drug-likeness (QED) is 0.790. The molecule has 0 aliphatic heterocycles. The van der Waals surface area contributed by atoms with Gasteiger partial charge in [-0.1, -0.05) is 12.1 Å². The molecule has 1 aromatic heterocycles. The number of nitrogens with two attached hydrogens (primary N) is 1. The average molecular weight is 215 g/mol. The van der Waals surface area contributed by atoms with Crippen molar-refractivity contribution in [1.82, 2.24) is 9.97 Å². The maximum Gasteiger partial charge on any atom is 0.335 e. The number of nitrogens with zero attached hydrogens (tertiary/aromatic N) is 2. The molecule has 0 saturated carbocycles. The molecule has 80 valence electrons. The summed E-state index contributed by atoms with van der Waals surface area (Å²) in [6.45, 7) is 0. The van der Waals surface area contributed by atoms with E-state index in [1.807, 2.05) is 0 Å². The number of hydrogen-bond acceptors (Lipinski definition) is 4. The summed E-state index contributed by atoms with van der Waals surface area (Å²) in [6, 6.07) is 6.38. The Kier molecular flexibility index (Phi) is 2.51. The van der Waals surface area contributed by atoms with Crippen molar-refractivity contribution in [3.8, 4) is 11.3 Å². The van der Waals surface area contributed by atoms with Crippen LogP contribution in [0.25, 0.3) is 11.3 Å². The molecule has 5 nitrogen and oxygen atoms in total. The molecule has 0 fully saturated rings. The van der Waals surface area contributed by atoms with Gasteiger partial charge in [0.05, 0.1) is 23.7 Å². The van der Waals surface area contributed by atoms with Crippen LogP contribution < -0.4 is 5.73 Å². The van der Waals surface area contributed by atoms with Crippen molar-refractivity contribution in [3.63, 3.8) is 0 Å². The van der Waals surface area contributed by atoms with Crippen LogP contribution in [0.15, 0.2) is 36.7 Å². The van der Waals surface area contributed by atoms with Gasteiger partial charge in [-0.3, -0.25) is 4.98 Å². The Bertz CT molecular complexity index is 523. The summed E-state index contributed by atoms with van der Waals surface area (Å²) in [4.78, 5) is 18.7. The molecule has 0 unspecified atom stereocenters. The van der Waals surface area contributed by atoms with Crippen LogP contribution in [0.1, 0.15) is 10.4 Å². The van der Waals surface area contributed by atoms with Crippen molar-refractivity contribution < 1.29 is 9.90 Å². The van der Waals surface area contributed by atoms with Crippen molar-refractivity contribution in [2.24, 2.45) is 0 Å². The van der Waals surface area contributed by atoms with Gasteiger partial charge in [0, 0.05) is 5.56 Å². The predicted molar refractivity (Wildman–Crippen MR) is 58.8 cm³/mol. The van der Waals surface area contributed by atoms with E-state index in [0.29, 0.717) is 11.5 Å². The lowest BCUT2D eigenvalue weighted by molar-refractivity contribution is 0.0697. The van der Waals surface area contributed by atoms with Gasteiger partial charge in [0.25, 0.3) is 0 Å². The highest BCUT2D eigenvalue weighted by Crippen LogP contribution is 2.17. The molecule has 1 aromatic carbocycles. The van der Waals surface area contributed by atoms with Gasteiger partial charge in [0.1, 0.15) is 5.82 Å². The number of carboxylic acids is 1. The number of rotatable bonds is 2. The minimum absolute atomic E-state index is 0.237. The highest BCUT2D eigenvalue weighted by atomic mass is 16.4. The summed E-state index contributed by atoms with van der Waals surface area (Å²) in [6.07, 6.45) is 3.03. The van der Waals surface area contributed by atoms with Gasteiger partial charge < -0.3 is 10.8 Å². The fourth-order valence-corrected chi connectivity index (χ4v) is 1.30. The van der Waals surface area contributed by atoms with Gasteiger partial charge in [0.2, 0.25) is 0 Å². The first-order chi connectivity index (χ1) is 7.66. The molecular formula is C11H9N3O2. The van der Waals surface area contributed by atoms with E-state index >= 15 is 0 Å². The second kappa shape index (κ2) is 3.98. The number of aromatic nitrogens is 2. The lowest BCUT2D eigenvalue weighted by Gasteiger charge is -2.01. The van der Waals surface area contributed by atoms with Gasteiger partial charge in [-0.2, -0.15) is 0 Å². The SMILES string of the molecule is Nc1cncc(-c2ccc(C(=O)O)cc2)n1. The van der Waals surface area contributed by atoms with Crippen molar-refractivity contribution in [2.75, 3.05) is 5.73 Å². The van der Waals surface area contributed by atoms with Crippen LogP contribution in [-0.4, -0.2) is 21.0 Å². The fourth-order valence-electron chi connectivity index (χ4n) is 1.30. The van der Waals surface area contributed by atoms with Crippen LogP contribution in [0.3, 0.4) is 0 Å². The Morgan fingerprint density at radius 3 is 2.44 bits per heavy atom. The second-order valence-electron chi connectivity index (χ2n) is 3.21. The largest absolute Gasteiger partial charge is 0.478 e. The van der Waals surface area contributed by atoms with E-state index in [-0.39, 0.29) is 5.56 Å². The minimum atomic E-state index is -0.954. The van der Waals surface area contributed by atoms with Crippen molar-refractivity contribution in [3.05, 3.63) is 42.2 Å². The molecule has 0 amide bonds. The zero-order chi connectivity index (χ0) is 11.5. The molecule has 5 heteroatoms. The molecule has 1 heterocycles. The van der Waals surface area contributed by atoms with Gasteiger partial charge >= 0.3 is 5.97 Å². The minimum Gasteiger partial charge on any atom is -0.478 e. The van der Waals surface area contributed by atoms with E-state index in [4.69, 9.17) is 10.8 Å². The van der Waals surface area contributed by atoms with Gasteiger partial charge in [-0.05, 0) is 12.1 Å². The number of carbonyl (C=O) groups is 1. The zero-order valence-corrected chi connectivity index (χ0v) is 8.29. The highest BCUT2D eigenvalue weighted by molar-refractivity contribution is 5.88. The molecule has 16 heavy (non-hydrogen) atoms. The highest BCUT2D eigenvalue weighted by Gasteiger charge is 2.04. The van der Waals surface area contributed by atoms with Crippen LogP contribution in [0.2, 0.25) is 0 Å². The van der Waals surface area contributed by atoms with E-state index in [2.05, 4.69) is 9.97 Å². The third kappa shape index (κ3) is 1.98. The summed E-state index contributed by atoms with van der Waals surface area (Å²) < 4.78 is 0.